The maximum absolute atomic E-state index is 12.4. The molecular formula is C21H22N4O3. The quantitative estimate of drug-likeness (QED) is 0.679. The molecule has 1 aromatic heterocycles. The fraction of sp³-hybridized carbons (Fsp3) is 0.190. The van der Waals surface area contributed by atoms with Crippen LogP contribution in [0, 0.1) is 0 Å². The van der Waals surface area contributed by atoms with Crippen LogP contribution < -0.4 is 19.7 Å². The van der Waals surface area contributed by atoms with Crippen molar-refractivity contribution in [3.63, 3.8) is 0 Å². The number of carbonyl (C=O) groups is 1. The molecule has 0 bridgehead atoms. The van der Waals surface area contributed by atoms with Crippen molar-refractivity contribution in [2.75, 3.05) is 31.5 Å². The molecule has 1 heterocycles. The van der Waals surface area contributed by atoms with Crippen LogP contribution >= 0.6 is 0 Å². The van der Waals surface area contributed by atoms with E-state index in [2.05, 4.69) is 27.6 Å². The molecule has 3 rings (SSSR count). The SMILES string of the molecule is COc1ccc(NC(=O)c2ccc(N(C)Cc3ccccc3)nn2)cc1OC. The van der Waals surface area contributed by atoms with Crippen molar-refractivity contribution in [2.24, 2.45) is 0 Å². The average Bonchev–Trinajstić information content (AvgIpc) is 2.74. The molecule has 3 aromatic rings. The van der Waals surface area contributed by atoms with Crippen molar-refractivity contribution in [3.8, 4) is 11.5 Å². The van der Waals surface area contributed by atoms with E-state index in [1.54, 1.807) is 44.6 Å². The van der Waals surface area contributed by atoms with Gasteiger partial charge in [0.25, 0.3) is 5.91 Å². The Morgan fingerprint density at radius 1 is 0.964 bits per heavy atom. The Morgan fingerprint density at radius 2 is 1.71 bits per heavy atom. The zero-order valence-corrected chi connectivity index (χ0v) is 16.0. The van der Waals surface area contributed by atoms with Crippen LogP contribution in [0.5, 0.6) is 11.5 Å². The Balaban J connectivity index is 1.66. The molecule has 0 spiro atoms. The summed E-state index contributed by atoms with van der Waals surface area (Å²) in [6.45, 7) is 0.701. The summed E-state index contributed by atoms with van der Waals surface area (Å²) in [5.41, 5.74) is 1.98. The summed E-state index contributed by atoms with van der Waals surface area (Å²) in [7, 11) is 5.03. The first-order chi connectivity index (χ1) is 13.6. The molecule has 0 unspecified atom stereocenters. The van der Waals surface area contributed by atoms with Gasteiger partial charge in [0.2, 0.25) is 0 Å². The summed E-state index contributed by atoms with van der Waals surface area (Å²) >= 11 is 0. The van der Waals surface area contributed by atoms with Crippen LogP contribution in [0.15, 0.2) is 60.7 Å². The van der Waals surface area contributed by atoms with E-state index >= 15 is 0 Å². The number of amides is 1. The number of carbonyl (C=O) groups excluding carboxylic acids is 1. The number of nitrogens with one attached hydrogen (secondary N) is 1. The lowest BCUT2D eigenvalue weighted by atomic mass is 10.2. The van der Waals surface area contributed by atoms with Crippen molar-refractivity contribution >= 4 is 17.4 Å². The van der Waals surface area contributed by atoms with Crippen molar-refractivity contribution in [2.45, 2.75) is 6.54 Å². The van der Waals surface area contributed by atoms with E-state index in [1.807, 2.05) is 30.1 Å². The molecule has 0 saturated carbocycles. The number of anilines is 2. The number of hydrogen-bond acceptors (Lipinski definition) is 6. The van der Waals surface area contributed by atoms with Crippen LogP contribution in [0.3, 0.4) is 0 Å². The van der Waals surface area contributed by atoms with Crippen molar-refractivity contribution < 1.29 is 14.3 Å². The van der Waals surface area contributed by atoms with Crippen LogP contribution in [0.4, 0.5) is 11.5 Å². The van der Waals surface area contributed by atoms with Gasteiger partial charge in [0.15, 0.2) is 23.0 Å². The van der Waals surface area contributed by atoms with Gasteiger partial charge in [-0.05, 0) is 29.8 Å². The number of benzene rings is 2. The molecule has 0 aliphatic carbocycles. The number of methoxy groups -OCH3 is 2. The van der Waals surface area contributed by atoms with Gasteiger partial charge in [0, 0.05) is 25.3 Å². The maximum Gasteiger partial charge on any atom is 0.276 e. The lowest BCUT2D eigenvalue weighted by molar-refractivity contribution is 0.102. The van der Waals surface area contributed by atoms with Crippen LogP contribution in [-0.2, 0) is 6.54 Å². The normalized spacial score (nSPS) is 10.2. The summed E-state index contributed by atoms with van der Waals surface area (Å²) in [6, 6.07) is 18.6. The molecule has 28 heavy (non-hydrogen) atoms. The summed E-state index contributed by atoms with van der Waals surface area (Å²) in [5, 5.41) is 11.0. The van der Waals surface area contributed by atoms with E-state index in [9.17, 15) is 4.79 Å². The summed E-state index contributed by atoms with van der Waals surface area (Å²) in [5.74, 6) is 1.46. The van der Waals surface area contributed by atoms with Crippen molar-refractivity contribution in [1.29, 1.82) is 0 Å². The topological polar surface area (TPSA) is 76.6 Å². The van der Waals surface area contributed by atoms with E-state index in [0.29, 0.717) is 29.5 Å². The van der Waals surface area contributed by atoms with Gasteiger partial charge in [-0.25, -0.2) is 0 Å². The van der Waals surface area contributed by atoms with Gasteiger partial charge in [-0.2, -0.15) is 0 Å². The highest BCUT2D eigenvalue weighted by Crippen LogP contribution is 2.29. The summed E-state index contributed by atoms with van der Waals surface area (Å²) in [6.07, 6.45) is 0. The second-order valence-electron chi connectivity index (χ2n) is 6.14. The average molecular weight is 378 g/mol. The van der Waals surface area contributed by atoms with Crippen molar-refractivity contribution in [1.82, 2.24) is 10.2 Å². The predicted octanol–water partition coefficient (Wildman–Crippen LogP) is 3.38. The van der Waals surface area contributed by atoms with Gasteiger partial charge >= 0.3 is 0 Å². The highest BCUT2D eigenvalue weighted by molar-refractivity contribution is 6.02. The first kappa shape index (κ1) is 19.2. The van der Waals surface area contributed by atoms with Gasteiger partial charge in [-0.3, -0.25) is 4.79 Å². The van der Waals surface area contributed by atoms with Crippen LogP contribution in [0.25, 0.3) is 0 Å². The lowest BCUT2D eigenvalue weighted by Gasteiger charge is -2.17. The first-order valence-corrected chi connectivity index (χ1v) is 8.73. The maximum atomic E-state index is 12.4. The van der Waals surface area contributed by atoms with Crippen LogP contribution in [-0.4, -0.2) is 37.4 Å². The Hall–Kier alpha value is -3.61. The van der Waals surface area contributed by atoms with E-state index in [0.717, 1.165) is 0 Å². The highest BCUT2D eigenvalue weighted by Gasteiger charge is 2.12. The number of hydrogen-bond donors (Lipinski definition) is 1. The Bertz CT molecular complexity index is 930. The zero-order chi connectivity index (χ0) is 19.9. The van der Waals surface area contributed by atoms with E-state index in [-0.39, 0.29) is 11.6 Å². The molecule has 0 atom stereocenters. The third-order valence-corrected chi connectivity index (χ3v) is 4.18. The summed E-state index contributed by atoms with van der Waals surface area (Å²) in [4.78, 5) is 14.4. The van der Waals surface area contributed by atoms with E-state index in [1.165, 1.54) is 5.56 Å². The lowest BCUT2D eigenvalue weighted by Crippen LogP contribution is -2.20. The highest BCUT2D eigenvalue weighted by atomic mass is 16.5. The molecular weight excluding hydrogens is 356 g/mol. The van der Waals surface area contributed by atoms with Crippen LogP contribution in [0.1, 0.15) is 16.1 Å². The molecule has 144 valence electrons. The van der Waals surface area contributed by atoms with Gasteiger partial charge in [0.1, 0.15) is 0 Å². The minimum atomic E-state index is -0.350. The molecule has 7 nitrogen and oxygen atoms in total. The third kappa shape index (κ3) is 4.56. The molecule has 1 amide bonds. The Kier molecular flexibility index (Phi) is 6.06. The largest absolute Gasteiger partial charge is 0.493 e. The molecule has 0 saturated heterocycles. The van der Waals surface area contributed by atoms with Crippen molar-refractivity contribution in [3.05, 3.63) is 71.9 Å². The monoisotopic (exact) mass is 378 g/mol. The first-order valence-electron chi connectivity index (χ1n) is 8.73. The second kappa shape index (κ2) is 8.85. The number of rotatable bonds is 7. The molecule has 0 fully saturated rings. The summed E-state index contributed by atoms with van der Waals surface area (Å²) < 4.78 is 10.4. The van der Waals surface area contributed by atoms with Gasteiger partial charge in [-0.1, -0.05) is 30.3 Å². The Labute approximate surface area is 163 Å². The second-order valence-corrected chi connectivity index (χ2v) is 6.14. The Morgan fingerprint density at radius 3 is 2.36 bits per heavy atom. The fourth-order valence-corrected chi connectivity index (χ4v) is 2.70. The minimum absolute atomic E-state index is 0.228. The number of ether oxygens (including phenoxy) is 2. The van der Waals surface area contributed by atoms with Gasteiger partial charge in [0.05, 0.1) is 14.2 Å². The molecule has 0 aliphatic heterocycles. The smallest absolute Gasteiger partial charge is 0.276 e. The molecule has 0 radical (unpaired) electrons. The molecule has 0 aliphatic rings. The van der Waals surface area contributed by atoms with Gasteiger partial charge in [-0.15, -0.1) is 10.2 Å². The molecule has 1 N–H and O–H groups in total. The zero-order valence-electron chi connectivity index (χ0n) is 16.0. The molecule has 2 aromatic carbocycles. The third-order valence-electron chi connectivity index (χ3n) is 4.18. The van der Waals surface area contributed by atoms with E-state index in [4.69, 9.17) is 9.47 Å². The van der Waals surface area contributed by atoms with Gasteiger partial charge < -0.3 is 19.7 Å². The fourth-order valence-electron chi connectivity index (χ4n) is 2.70. The molecule has 7 heteroatoms. The predicted molar refractivity (Wildman–Crippen MR) is 108 cm³/mol. The standard InChI is InChI=1S/C21H22N4O3/c1-25(14-15-7-5-4-6-8-15)20-12-10-17(23-24-20)21(26)22-16-9-11-18(27-2)19(13-16)28-3/h4-13H,14H2,1-3H3,(H,22,26). The van der Waals surface area contributed by atoms with Crippen LogP contribution in [0.2, 0.25) is 0 Å². The number of nitrogens with zero attached hydrogens (tertiary/aromatic N) is 3. The minimum Gasteiger partial charge on any atom is -0.493 e. The number of aromatic nitrogens is 2. The van der Waals surface area contributed by atoms with E-state index < -0.39 is 0 Å².